The number of nitrogens with zero attached hydrogens (tertiary/aromatic N) is 2. The molecule has 0 amide bonds. The maximum atomic E-state index is 5.18. The molecule has 0 aliphatic rings. The molecule has 0 saturated heterocycles. The van der Waals surface area contributed by atoms with E-state index in [-0.39, 0.29) is 5.96 Å². The van der Waals surface area contributed by atoms with Gasteiger partial charge >= 0.3 is 0 Å². The van der Waals surface area contributed by atoms with Gasteiger partial charge in [0.25, 0.3) is 0 Å². The van der Waals surface area contributed by atoms with Gasteiger partial charge in [-0.1, -0.05) is 54.1 Å². The molecule has 2 aromatic rings. The molecule has 0 atom stereocenters. The number of nitrogens with two attached hydrogens (primary N) is 2. The molecule has 0 heterocycles. The zero-order valence-electron chi connectivity index (χ0n) is 10.7. The smallest absolute Gasteiger partial charge is 0.211 e. The zero-order chi connectivity index (χ0) is 13.7. The van der Waals surface area contributed by atoms with Gasteiger partial charge in [-0.2, -0.15) is 5.10 Å². The maximum Gasteiger partial charge on any atom is 0.211 e. The lowest BCUT2D eigenvalue weighted by atomic mass is 10.0. The van der Waals surface area contributed by atoms with Crippen LogP contribution < -0.4 is 11.5 Å². The highest BCUT2D eigenvalue weighted by Crippen LogP contribution is 2.19. The van der Waals surface area contributed by atoms with Crippen LogP contribution in [0, 0.1) is 6.92 Å². The molecule has 4 heteroatoms. The van der Waals surface area contributed by atoms with Crippen LogP contribution in [0.1, 0.15) is 11.1 Å². The highest BCUT2D eigenvalue weighted by atomic mass is 15.3. The Labute approximate surface area is 112 Å². The van der Waals surface area contributed by atoms with Gasteiger partial charge < -0.3 is 11.5 Å². The molecule has 2 rings (SSSR count). The van der Waals surface area contributed by atoms with Crippen molar-refractivity contribution in [1.29, 1.82) is 0 Å². The van der Waals surface area contributed by atoms with E-state index in [4.69, 9.17) is 11.5 Å². The van der Waals surface area contributed by atoms with Crippen molar-refractivity contribution >= 4 is 12.2 Å². The Bertz CT molecular complexity index is 591. The Morgan fingerprint density at radius 3 is 1.95 bits per heavy atom. The third-order valence-electron chi connectivity index (χ3n) is 2.68. The Hall–Kier alpha value is -2.62. The Balaban J connectivity index is 2.16. The van der Waals surface area contributed by atoms with Crippen molar-refractivity contribution in [1.82, 2.24) is 0 Å². The zero-order valence-corrected chi connectivity index (χ0v) is 10.7. The van der Waals surface area contributed by atoms with E-state index in [2.05, 4.69) is 41.4 Å². The minimum Gasteiger partial charge on any atom is -0.369 e. The van der Waals surface area contributed by atoms with Gasteiger partial charge in [-0.15, -0.1) is 5.10 Å². The Morgan fingerprint density at radius 1 is 0.895 bits per heavy atom. The lowest BCUT2D eigenvalue weighted by Gasteiger charge is -2.02. The summed E-state index contributed by atoms with van der Waals surface area (Å²) < 4.78 is 0. The molecule has 0 radical (unpaired) electrons. The van der Waals surface area contributed by atoms with E-state index in [0.29, 0.717) is 0 Å². The van der Waals surface area contributed by atoms with E-state index in [1.54, 1.807) is 6.21 Å². The molecular weight excluding hydrogens is 236 g/mol. The molecule has 0 fully saturated rings. The summed E-state index contributed by atoms with van der Waals surface area (Å²) in [5.41, 5.74) is 14.9. The molecule has 0 aliphatic carbocycles. The predicted molar refractivity (Wildman–Crippen MR) is 80.0 cm³/mol. The number of hydrogen-bond acceptors (Lipinski definition) is 2. The van der Waals surface area contributed by atoms with E-state index in [1.165, 1.54) is 16.7 Å². The van der Waals surface area contributed by atoms with E-state index in [0.717, 1.165) is 5.56 Å². The van der Waals surface area contributed by atoms with Gasteiger partial charge in [-0.05, 0) is 23.6 Å². The molecule has 96 valence electrons. The first-order chi connectivity index (χ1) is 9.15. The predicted octanol–water partition coefficient (Wildman–Crippen LogP) is 2.27. The van der Waals surface area contributed by atoms with Crippen LogP contribution in [-0.2, 0) is 0 Å². The van der Waals surface area contributed by atoms with Gasteiger partial charge in [0.2, 0.25) is 5.96 Å². The fourth-order valence-corrected chi connectivity index (χ4v) is 1.67. The number of guanidine groups is 1. The van der Waals surface area contributed by atoms with Crippen molar-refractivity contribution < 1.29 is 0 Å². The summed E-state index contributed by atoms with van der Waals surface area (Å²) in [6.45, 7) is 2.08. The van der Waals surface area contributed by atoms with E-state index < -0.39 is 0 Å². The minimum absolute atomic E-state index is 0.0486. The van der Waals surface area contributed by atoms with Crippen LogP contribution in [0.5, 0.6) is 0 Å². The molecule has 0 saturated carbocycles. The lowest BCUT2D eigenvalue weighted by molar-refractivity contribution is 1.21. The summed E-state index contributed by atoms with van der Waals surface area (Å²) >= 11 is 0. The lowest BCUT2D eigenvalue weighted by Crippen LogP contribution is -2.21. The normalized spacial score (nSPS) is 10.6. The number of hydrogen-bond donors (Lipinski definition) is 2. The van der Waals surface area contributed by atoms with Crippen molar-refractivity contribution in [2.45, 2.75) is 6.92 Å². The highest BCUT2D eigenvalue weighted by Gasteiger charge is 1.96. The molecule has 0 aliphatic heterocycles. The summed E-state index contributed by atoms with van der Waals surface area (Å²) in [6, 6.07) is 16.5. The van der Waals surface area contributed by atoms with Crippen molar-refractivity contribution in [3.8, 4) is 11.1 Å². The third-order valence-corrected chi connectivity index (χ3v) is 2.68. The van der Waals surface area contributed by atoms with E-state index >= 15 is 0 Å². The number of benzene rings is 2. The first-order valence-corrected chi connectivity index (χ1v) is 5.94. The van der Waals surface area contributed by atoms with Gasteiger partial charge in [0.15, 0.2) is 0 Å². The van der Waals surface area contributed by atoms with Gasteiger partial charge in [-0.3, -0.25) is 0 Å². The SMILES string of the molecule is Cc1ccc(-c2ccc(C=NN=C(N)N)cc2)cc1. The molecule has 0 unspecified atom stereocenters. The fourth-order valence-electron chi connectivity index (χ4n) is 1.67. The largest absolute Gasteiger partial charge is 0.369 e. The van der Waals surface area contributed by atoms with Crippen LogP contribution in [0.4, 0.5) is 0 Å². The standard InChI is InChI=1S/C15H16N4/c1-11-2-6-13(7-3-11)14-8-4-12(5-9-14)10-18-19-15(16)17/h2-10H,1H3,(H4,16,17,19). The molecule has 0 bridgehead atoms. The molecule has 2 aromatic carbocycles. The number of rotatable bonds is 3. The van der Waals surface area contributed by atoms with Gasteiger partial charge in [0, 0.05) is 0 Å². The third kappa shape index (κ3) is 3.67. The second-order valence-corrected chi connectivity index (χ2v) is 4.26. The molecule has 19 heavy (non-hydrogen) atoms. The second kappa shape index (κ2) is 5.82. The van der Waals surface area contributed by atoms with Crippen LogP contribution in [0.25, 0.3) is 11.1 Å². The summed E-state index contributed by atoms with van der Waals surface area (Å²) in [6.07, 6.45) is 1.61. The fraction of sp³-hybridized carbons (Fsp3) is 0.0667. The van der Waals surface area contributed by atoms with Crippen LogP contribution in [0.3, 0.4) is 0 Å². The summed E-state index contributed by atoms with van der Waals surface area (Å²) in [4.78, 5) is 0. The quantitative estimate of drug-likeness (QED) is 0.499. The number of aryl methyl sites for hydroxylation is 1. The van der Waals surface area contributed by atoms with Gasteiger partial charge in [0.05, 0.1) is 6.21 Å². The topological polar surface area (TPSA) is 76.8 Å². The van der Waals surface area contributed by atoms with E-state index in [1.807, 2.05) is 24.3 Å². The van der Waals surface area contributed by atoms with Crippen LogP contribution in [-0.4, -0.2) is 12.2 Å². The maximum absolute atomic E-state index is 5.18. The van der Waals surface area contributed by atoms with Crippen molar-refractivity contribution in [2.75, 3.05) is 0 Å². The second-order valence-electron chi connectivity index (χ2n) is 4.26. The molecule has 4 nitrogen and oxygen atoms in total. The van der Waals surface area contributed by atoms with Crippen LogP contribution in [0.15, 0.2) is 58.7 Å². The summed E-state index contributed by atoms with van der Waals surface area (Å²) in [5, 5.41) is 7.32. The van der Waals surface area contributed by atoms with Crippen LogP contribution >= 0.6 is 0 Å². The monoisotopic (exact) mass is 252 g/mol. The molecule has 4 N–H and O–H groups in total. The first-order valence-electron chi connectivity index (χ1n) is 5.94. The minimum atomic E-state index is -0.0486. The van der Waals surface area contributed by atoms with E-state index in [9.17, 15) is 0 Å². The average molecular weight is 252 g/mol. The first kappa shape index (κ1) is 12.8. The molecule has 0 aromatic heterocycles. The highest BCUT2D eigenvalue weighted by molar-refractivity contribution is 5.82. The van der Waals surface area contributed by atoms with Gasteiger partial charge in [-0.25, -0.2) is 0 Å². The Morgan fingerprint density at radius 2 is 1.42 bits per heavy atom. The Kier molecular flexibility index (Phi) is 3.93. The van der Waals surface area contributed by atoms with Crippen molar-refractivity contribution in [3.05, 3.63) is 59.7 Å². The molecule has 0 spiro atoms. The van der Waals surface area contributed by atoms with Crippen molar-refractivity contribution in [3.63, 3.8) is 0 Å². The van der Waals surface area contributed by atoms with Crippen LogP contribution in [0.2, 0.25) is 0 Å². The summed E-state index contributed by atoms with van der Waals surface area (Å²) in [7, 11) is 0. The van der Waals surface area contributed by atoms with Gasteiger partial charge in [0.1, 0.15) is 0 Å². The van der Waals surface area contributed by atoms with Crippen molar-refractivity contribution in [2.24, 2.45) is 21.7 Å². The average Bonchev–Trinajstić information content (AvgIpc) is 2.40. The summed E-state index contributed by atoms with van der Waals surface area (Å²) in [5.74, 6) is -0.0486. The molecular formula is C15H16N4.